The first-order chi connectivity index (χ1) is 11.4. The summed E-state index contributed by atoms with van der Waals surface area (Å²) < 4.78 is 42.5. The highest BCUT2D eigenvalue weighted by atomic mass is 19.3. The summed E-state index contributed by atoms with van der Waals surface area (Å²) in [7, 11) is 0. The van der Waals surface area contributed by atoms with Crippen LogP contribution in [0.3, 0.4) is 0 Å². The molecular formula is C15H13F3N2O4. The topological polar surface area (TPSA) is 75.7 Å². The van der Waals surface area contributed by atoms with Crippen molar-refractivity contribution in [2.75, 3.05) is 0 Å². The predicted molar refractivity (Wildman–Crippen MR) is 73.8 cm³/mol. The van der Waals surface area contributed by atoms with Crippen molar-refractivity contribution in [2.24, 2.45) is 0 Å². The number of ether oxygens (including phenoxy) is 1. The Balaban J connectivity index is 1.86. The minimum absolute atomic E-state index is 0.171. The highest BCUT2D eigenvalue weighted by Gasteiger charge is 2.45. The minimum Gasteiger partial charge on any atom is -0.435 e. The van der Waals surface area contributed by atoms with Crippen LogP contribution in [0.15, 0.2) is 18.2 Å². The fourth-order valence-corrected chi connectivity index (χ4v) is 2.66. The molecule has 0 bridgehead atoms. The third-order valence-corrected chi connectivity index (χ3v) is 3.85. The average molecular weight is 342 g/mol. The van der Waals surface area contributed by atoms with Gasteiger partial charge in [-0.3, -0.25) is 19.7 Å². The molecule has 1 aromatic rings. The van der Waals surface area contributed by atoms with Crippen LogP contribution in [-0.2, 0) is 9.59 Å². The number of halogens is 3. The Kier molecular flexibility index (Phi) is 4.16. The molecule has 1 saturated carbocycles. The predicted octanol–water partition coefficient (Wildman–Crippen LogP) is 1.45. The van der Waals surface area contributed by atoms with Crippen molar-refractivity contribution >= 4 is 17.7 Å². The standard InChI is InChI=1S/C15H13F3N2O4/c16-10-5-8(24-15(17)18)3-4-9(10)14(23)20(7-1-2-7)11-6-12(21)19-13(11)22/h3-5,7,11,15H,1-2,6H2,(H,19,21,22). The van der Waals surface area contributed by atoms with E-state index in [1.165, 1.54) is 4.90 Å². The van der Waals surface area contributed by atoms with E-state index >= 15 is 0 Å². The van der Waals surface area contributed by atoms with Crippen molar-refractivity contribution in [1.29, 1.82) is 0 Å². The molecule has 2 aliphatic rings. The minimum atomic E-state index is -3.11. The van der Waals surface area contributed by atoms with Crippen LogP contribution in [-0.4, -0.2) is 41.3 Å². The smallest absolute Gasteiger partial charge is 0.387 e. The molecule has 6 nitrogen and oxygen atoms in total. The molecule has 1 N–H and O–H groups in total. The first kappa shape index (κ1) is 16.3. The number of carbonyl (C=O) groups is 3. The Hall–Kier alpha value is -2.58. The van der Waals surface area contributed by atoms with Crippen LogP contribution < -0.4 is 10.1 Å². The first-order valence-electron chi connectivity index (χ1n) is 7.27. The maximum atomic E-state index is 14.1. The molecule has 128 valence electrons. The quantitative estimate of drug-likeness (QED) is 0.822. The number of carbonyl (C=O) groups excluding carboxylic acids is 3. The number of nitrogens with one attached hydrogen (secondary N) is 1. The van der Waals surface area contributed by atoms with Gasteiger partial charge in [-0.2, -0.15) is 8.78 Å². The molecule has 1 aromatic carbocycles. The summed E-state index contributed by atoms with van der Waals surface area (Å²) in [6.07, 6.45) is 1.13. The van der Waals surface area contributed by atoms with Crippen LogP contribution in [0.5, 0.6) is 5.75 Å². The van der Waals surface area contributed by atoms with E-state index in [0.29, 0.717) is 18.9 Å². The molecule has 24 heavy (non-hydrogen) atoms. The van der Waals surface area contributed by atoms with Gasteiger partial charge < -0.3 is 9.64 Å². The van der Waals surface area contributed by atoms with Gasteiger partial charge in [0.15, 0.2) is 0 Å². The van der Waals surface area contributed by atoms with Crippen LogP contribution in [0, 0.1) is 5.82 Å². The largest absolute Gasteiger partial charge is 0.435 e. The monoisotopic (exact) mass is 342 g/mol. The number of nitrogens with zero attached hydrogens (tertiary/aromatic N) is 1. The van der Waals surface area contributed by atoms with Crippen LogP contribution in [0.2, 0.25) is 0 Å². The lowest BCUT2D eigenvalue weighted by Gasteiger charge is -2.27. The van der Waals surface area contributed by atoms with E-state index in [2.05, 4.69) is 10.1 Å². The second kappa shape index (κ2) is 6.14. The fraction of sp³-hybridized carbons (Fsp3) is 0.400. The van der Waals surface area contributed by atoms with E-state index in [1.807, 2.05) is 0 Å². The maximum Gasteiger partial charge on any atom is 0.387 e. The Labute approximate surface area is 134 Å². The van der Waals surface area contributed by atoms with Crippen molar-refractivity contribution in [3.8, 4) is 5.75 Å². The highest BCUT2D eigenvalue weighted by molar-refractivity contribution is 6.08. The molecule has 1 unspecified atom stereocenters. The number of imide groups is 1. The lowest BCUT2D eigenvalue weighted by molar-refractivity contribution is -0.126. The van der Waals surface area contributed by atoms with Gasteiger partial charge in [0.1, 0.15) is 17.6 Å². The molecule has 9 heteroatoms. The number of hydrogen-bond donors (Lipinski definition) is 1. The molecule has 1 atom stereocenters. The molecule has 1 saturated heterocycles. The van der Waals surface area contributed by atoms with Gasteiger partial charge in [-0.05, 0) is 25.0 Å². The van der Waals surface area contributed by atoms with E-state index in [1.54, 1.807) is 0 Å². The molecule has 3 rings (SSSR count). The van der Waals surface area contributed by atoms with Gasteiger partial charge in [-0.15, -0.1) is 0 Å². The van der Waals surface area contributed by atoms with Crippen LogP contribution >= 0.6 is 0 Å². The van der Waals surface area contributed by atoms with Crippen molar-refractivity contribution in [2.45, 2.75) is 38.0 Å². The highest BCUT2D eigenvalue weighted by Crippen LogP contribution is 2.33. The maximum absolute atomic E-state index is 14.1. The summed E-state index contributed by atoms with van der Waals surface area (Å²) in [5.74, 6) is -3.30. The second-order valence-electron chi connectivity index (χ2n) is 5.60. The third-order valence-electron chi connectivity index (χ3n) is 3.85. The van der Waals surface area contributed by atoms with E-state index in [0.717, 1.165) is 12.1 Å². The van der Waals surface area contributed by atoms with Crippen molar-refractivity contribution in [3.63, 3.8) is 0 Å². The van der Waals surface area contributed by atoms with Crippen LogP contribution in [0.1, 0.15) is 29.6 Å². The summed E-state index contributed by atoms with van der Waals surface area (Å²) >= 11 is 0. The second-order valence-corrected chi connectivity index (χ2v) is 5.60. The Bertz CT molecular complexity index is 706. The summed E-state index contributed by atoms with van der Waals surface area (Å²) in [6, 6.07) is 1.54. The van der Waals surface area contributed by atoms with Gasteiger partial charge in [-0.1, -0.05) is 0 Å². The summed E-state index contributed by atoms with van der Waals surface area (Å²) in [6.45, 7) is -3.11. The normalized spacial score (nSPS) is 20.2. The summed E-state index contributed by atoms with van der Waals surface area (Å²) in [4.78, 5) is 37.0. The Morgan fingerprint density at radius 2 is 2.00 bits per heavy atom. The molecular weight excluding hydrogens is 329 g/mol. The third kappa shape index (κ3) is 3.19. The van der Waals surface area contributed by atoms with Gasteiger partial charge in [0.25, 0.3) is 5.91 Å². The molecule has 2 fully saturated rings. The zero-order valence-corrected chi connectivity index (χ0v) is 12.3. The lowest BCUT2D eigenvalue weighted by Crippen LogP contribution is -2.46. The fourth-order valence-electron chi connectivity index (χ4n) is 2.66. The van der Waals surface area contributed by atoms with E-state index in [4.69, 9.17) is 0 Å². The SMILES string of the molecule is O=C1CC(N(C(=O)c2ccc(OC(F)F)cc2F)C2CC2)C(=O)N1. The molecule has 0 radical (unpaired) electrons. The van der Waals surface area contributed by atoms with Gasteiger partial charge in [0.05, 0.1) is 12.0 Å². The van der Waals surface area contributed by atoms with E-state index < -0.39 is 41.9 Å². The van der Waals surface area contributed by atoms with Gasteiger partial charge in [-0.25, -0.2) is 4.39 Å². The molecule has 1 heterocycles. The Morgan fingerprint density at radius 3 is 2.50 bits per heavy atom. The summed E-state index contributed by atoms with van der Waals surface area (Å²) in [5, 5.41) is 2.11. The number of benzene rings is 1. The van der Waals surface area contributed by atoms with E-state index in [-0.39, 0.29) is 18.0 Å². The zero-order chi connectivity index (χ0) is 17.4. The first-order valence-corrected chi connectivity index (χ1v) is 7.27. The number of amides is 3. The molecule has 3 amide bonds. The van der Waals surface area contributed by atoms with E-state index in [9.17, 15) is 27.6 Å². The molecule has 0 aromatic heterocycles. The number of hydrogen-bond acceptors (Lipinski definition) is 4. The molecule has 1 aliphatic heterocycles. The average Bonchev–Trinajstić information content (AvgIpc) is 3.24. The molecule has 0 spiro atoms. The number of rotatable bonds is 5. The lowest BCUT2D eigenvalue weighted by atomic mass is 10.1. The van der Waals surface area contributed by atoms with Gasteiger partial charge >= 0.3 is 6.61 Å². The number of alkyl halides is 2. The van der Waals surface area contributed by atoms with Gasteiger partial charge in [0.2, 0.25) is 11.8 Å². The van der Waals surface area contributed by atoms with Crippen LogP contribution in [0.25, 0.3) is 0 Å². The summed E-state index contributed by atoms with van der Waals surface area (Å²) in [5.41, 5.74) is -0.365. The van der Waals surface area contributed by atoms with Gasteiger partial charge in [0, 0.05) is 12.1 Å². The zero-order valence-electron chi connectivity index (χ0n) is 12.3. The van der Waals surface area contributed by atoms with Crippen molar-refractivity contribution < 1.29 is 32.3 Å². The van der Waals surface area contributed by atoms with Crippen molar-refractivity contribution in [3.05, 3.63) is 29.6 Å². The Morgan fingerprint density at radius 1 is 1.29 bits per heavy atom. The van der Waals surface area contributed by atoms with Crippen LogP contribution in [0.4, 0.5) is 13.2 Å². The molecule has 1 aliphatic carbocycles. The van der Waals surface area contributed by atoms with Crippen molar-refractivity contribution in [1.82, 2.24) is 10.2 Å².